The monoisotopic (exact) mass is 464 g/mol. The zero-order valence-corrected chi connectivity index (χ0v) is 18.1. The first-order valence-corrected chi connectivity index (χ1v) is 10.7. The van der Waals surface area contributed by atoms with Crippen LogP contribution in [0.1, 0.15) is 16.6 Å². The molecule has 0 radical (unpaired) electrons. The van der Waals surface area contributed by atoms with Gasteiger partial charge in [-0.1, -0.05) is 41.9 Å². The molecule has 7 nitrogen and oxygen atoms in total. The van der Waals surface area contributed by atoms with E-state index in [9.17, 15) is 15.0 Å². The van der Waals surface area contributed by atoms with Gasteiger partial charge in [0.25, 0.3) is 0 Å². The number of carbonyl (C=O) groups is 1. The number of halogens is 1. The van der Waals surface area contributed by atoms with Crippen LogP contribution in [0.5, 0.6) is 5.88 Å². The molecule has 2 aromatic heterocycles. The third-order valence-electron chi connectivity index (χ3n) is 4.81. The summed E-state index contributed by atoms with van der Waals surface area (Å²) in [7, 11) is 0. The lowest BCUT2D eigenvalue weighted by Gasteiger charge is -2.18. The van der Waals surface area contributed by atoms with Crippen molar-refractivity contribution in [3.63, 3.8) is 0 Å². The van der Waals surface area contributed by atoms with Crippen molar-refractivity contribution in [1.29, 1.82) is 0 Å². The van der Waals surface area contributed by atoms with Gasteiger partial charge in [0.1, 0.15) is 5.82 Å². The Morgan fingerprint density at radius 3 is 2.81 bits per heavy atom. The first-order valence-electron chi connectivity index (χ1n) is 9.47. The molecule has 160 valence electrons. The van der Waals surface area contributed by atoms with Crippen molar-refractivity contribution >= 4 is 45.6 Å². The highest BCUT2D eigenvalue weighted by molar-refractivity contribution is 7.10. The lowest BCUT2D eigenvalue weighted by molar-refractivity contribution is 0.225. The molecule has 1 unspecified atom stereocenters. The summed E-state index contributed by atoms with van der Waals surface area (Å²) in [5, 5.41) is 29.3. The van der Waals surface area contributed by atoms with Crippen LogP contribution < -0.4 is 10.6 Å². The average Bonchev–Trinajstić information content (AvgIpc) is 3.24. The maximum absolute atomic E-state index is 12.3. The van der Waals surface area contributed by atoms with Crippen LogP contribution >= 0.6 is 22.9 Å². The van der Waals surface area contributed by atoms with E-state index < -0.39 is 12.1 Å². The number of aliphatic hydroxyl groups is 1. The molecule has 0 aliphatic rings. The van der Waals surface area contributed by atoms with Gasteiger partial charge in [0, 0.05) is 22.2 Å². The van der Waals surface area contributed by atoms with Crippen molar-refractivity contribution in [3.05, 3.63) is 69.6 Å². The molecule has 2 amide bonds. The largest absolute Gasteiger partial charge is 0.493 e. The Labute approximate surface area is 192 Å². The quantitative estimate of drug-likeness (QED) is 0.324. The van der Waals surface area contributed by atoms with Crippen LogP contribution in [0, 0.1) is 12.3 Å². The Hall–Kier alpha value is -3.64. The van der Waals surface area contributed by atoms with Crippen molar-refractivity contribution < 1.29 is 15.0 Å². The van der Waals surface area contributed by atoms with Crippen LogP contribution in [0.15, 0.2) is 54.0 Å². The number of aromatic nitrogens is 2. The van der Waals surface area contributed by atoms with Crippen LogP contribution in [0.25, 0.3) is 21.9 Å². The number of amides is 2. The molecule has 0 saturated carbocycles. The van der Waals surface area contributed by atoms with E-state index in [4.69, 9.17) is 18.0 Å². The SMILES string of the molecule is C#Cc1nc(NC(=O)NC(CO)c2ccc(-c3cccc4ccnc(O)c34)c(Cl)c2)cs1. The molecule has 0 fully saturated rings. The molecule has 2 aromatic carbocycles. The number of urea groups is 1. The summed E-state index contributed by atoms with van der Waals surface area (Å²) < 4.78 is 0. The fraction of sp³-hybridized carbons (Fsp3) is 0.0870. The maximum atomic E-state index is 12.3. The Morgan fingerprint density at radius 2 is 2.09 bits per heavy atom. The van der Waals surface area contributed by atoms with E-state index in [1.54, 1.807) is 29.6 Å². The number of terminal acetylenes is 1. The molecule has 2 heterocycles. The minimum atomic E-state index is -0.699. The number of pyridine rings is 1. The van der Waals surface area contributed by atoms with Crippen LogP contribution in [0.2, 0.25) is 5.02 Å². The van der Waals surface area contributed by atoms with Crippen molar-refractivity contribution in [2.45, 2.75) is 6.04 Å². The summed E-state index contributed by atoms with van der Waals surface area (Å²) in [5.74, 6) is 2.64. The van der Waals surface area contributed by atoms with Crippen molar-refractivity contribution in [1.82, 2.24) is 15.3 Å². The molecule has 1 atom stereocenters. The number of fused-ring (bicyclic) bond motifs is 1. The highest BCUT2D eigenvalue weighted by atomic mass is 35.5. The number of aliphatic hydroxyl groups excluding tert-OH is 1. The summed E-state index contributed by atoms with van der Waals surface area (Å²) in [4.78, 5) is 20.4. The average molecular weight is 465 g/mol. The molecule has 0 spiro atoms. The fourth-order valence-corrected chi connectivity index (χ4v) is 4.19. The minimum absolute atomic E-state index is 0.0835. The molecule has 4 N–H and O–H groups in total. The Kier molecular flexibility index (Phi) is 6.23. The summed E-state index contributed by atoms with van der Waals surface area (Å²) >= 11 is 7.80. The third-order valence-corrected chi connectivity index (χ3v) is 5.90. The van der Waals surface area contributed by atoms with E-state index >= 15 is 0 Å². The number of anilines is 1. The summed E-state index contributed by atoms with van der Waals surface area (Å²) in [6.45, 7) is -0.339. The van der Waals surface area contributed by atoms with Gasteiger partial charge < -0.3 is 15.5 Å². The van der Waals surface area contributed by atoms with Crippen molar-refractivity contribution in [3.8, 4) is 29.4 Å². The normalized spacial score (nSPS) is 11.7. The molecule has 9 heteroatoms. The number of rotatable bonds is 5. The van der Waals surface area contributed by atoms with Crippen LogP contribution in [0.3, 0.4) is 0 Å². The standard InChI is InChI=1S/C23H17ClN4O3S/c1-2-20-27-19(12-32-20)28-23(31)26-18(11-29)14-6-7-15(17(24)10-14)16-5-3-4-13-8-9-25-22(30)21(13)16/h1,3-10,12,18,29H,11H2,(H,25,30)(H2,26,28,31). The highest BCUT2D eigenvalue weighted by Crippen LogP contribution is 2.37. The summed E-state index contributed by atoms with van der Waals surface area (Å²) in [6, 6.07) is 11.4. The van der Waals surface area contributed by atoms with Gasteiger partial charge in [-0.25, -0.2) is 14.8 Å². The molecule has 0 saturated heterocycles. The second kappa shape index (κ2) is 9.24. The Balaban J connectivity index is 1.58. The van der Waals surface area contributed by atoms with Gasteiger partial charge in [-0.05, 0) is 34.6 Å². The van der Waals surface area contributed by atoms with Crippen LogP contribution in [0.4, 0.5) is 10.6 Å². The molecule has 4 rings (SSSR count). The van der Waals surface area contributed by atoms with Gasteiger partial charge in [0.15, 0.2) is 5.01 Å². The zero-order chi connectivity index (χ0) is 22.7. The molecule has 0 aliphatic heterocycles. The lowest BCUT2D eigenvalue weighted by atomic mass is 9.97. The van der Waals surface area contributed by atoms with Gasteiger partial charge in [0.2, 0.25) is 5.88 Å². The van der Waals surface area contributed by atoms with Crippen LogP contribution in [-0.4, -0.2) is 32.8 Å². The van der Waals surface area contributed by atoms with E-state index in [0.717, 1.165) is 10.9 Å². The number of hydrogen-bond donors (Lipinski definition) is 4. The van der Waals surface area contributed by atoms with Gasteiger partial charge in [-0.15, -0.1) is 17.8 Å². The van der Waals surface area contributed by atoms with Crippen LogP contribution in [-0.2, 0) is 0 Å². The summed E-state index contributed by atoms with van der Waals surface area (Å²) in [5.41, 5.74) is 2.03. The number of hydrogen-bond acceptors (Lipinski definition) is 6. The first kappa shape index (κ1) is 21.6. The lowest BCUT2D eigenvalue weighted by Crippen LogP contribution is -2.34. The first-order chi connectivity index (χ1) is 15.5. The number of aromatic hydroxyl groups is 1. The predicted molar refractivity (Wildman–Crippen MR) is 126 cm³/mol. The number of nitrogens with zero attached hydrogens (tertiary/aromatic N) is 2. The summed E-state index contributed by atoms with van der Waals surface area (Å²) in [6.07, 6.45) is 6.82. The smallest absolute Gasteiger partial charge is 0.320 e. The molecule has 0 aliphatic carbocycles. The number of benzene rings is 2. The van der Waals surface area contributed by atoms with Gasteiger partial charge >= 0.3 is 6.03 Å². The van der Waals surface area contributed by atoms with E-state index in [1.165, 1.54) is 17.5 Å². The van der Waals surface area contributed by atoms with E-state index in [-0.39, 0.29) is 12.5 Å². The maximum Gasteiger partial charge on any atom is 0.320 e. The van der Waals surface area contributed by atoms with Gasteiger partial charge in [-0.3, -0.25) is 5.32 Å². The van der Waals surface area contributed by atoms with Gasteiger partial charge in [0.05, 0.1) is 18.0 Å². The van der Waals surface area contributed by atoms with Crippen molar-refractivity contribution in [2.75, 3.05) is 11.9 Å². The Bertz CT molecular complexity index is 1340. The highest BCUT2D eigenvalue weighted by Gasteiger charge is 2.18. The predicted octanol–water partition coefficient (Wildman–Crippen LogP) is 4.55. The Morgan fingerprint density at radius 1 is 1.25 bits per heavy atom. The third kappa shape index (κ3) is 4.36. The topological polar surface area (TPSA) is 107 Å². The van der Waals surface area contributed by atoms with Gasteiger partial charge in [-0.2, -0.15) is 0 Å². The molecular formula is C23H17ClN4O3S. The number of thiazole rings is 1. The van der Waals surface area contributed by atoms with E-state index in [0.29, 0.717) is 32.4 Å². The molecule has 0 bridgehead atoms. The van der Waals surface area contributed by atoms with E-state index in [2.05, 4.69) is 26.5 Å². The number of carbonyl (C=O) groups excluding carboxylic acids is 1. The second-order valence-corrected chi connectivity index (χ2v) is 8.06. The molecule has 4 aromatic rings. The molecule has 32 heavy (non-hydrogen) atoms. The second-order valence-electron chi connectivity index (χ2n) is 6.79. The fourth-order valence-electron chi connectivity index (χ4n) is 3.34. The number of nitrogens with one attached hydrogen (secondary N) is 2. The zero-order valence-electron chi connectivity index (χ0n) is 16.5. The van der Waals surface area contributed by atoms with E-state index in [1.807, 2.05) is 18.2 Å². The molecular weight excluding hydrogens is 448 g/mol. The van der Waals surface area contributed by atoms with Crippen molar-refractivity contribution in [2.24, 2.45) is 0 Å². The minimum Gasteiger partial charge on any atom is -0.493 e.